The minimum absolute atomic E-state index is 0.0337. The van der Waals surface area contributed by atoms with E-state index >= 15 is 0 Å². The van der Waals surface area contributed by atoms with Crippen molar-refractivity contribution >= 4 is 11.0 Å². The Morgan fingerprint density at radius 1 is 1.47 bits per heavy atom. The van der Waals surface area contributed by atoms with E-state index in [1.54, 1.807) is 7.11 Å². The summed E-state index contributed by atoms with van der Waals surface area (Å²) in [5.41, 5.74) is 1.76. The van der Waals surface area contributed by atoms with Gasteiger partial charge in [0.2, 0.25) is 0 Å². The average molecular weight is 261 g/mol. The van der Waals surface area contributed by atoms with E-state index in [4.69, 9.17) is 4.74 Å². The van der Waals surface area contributed by atoms with Gasteiger partial charge in [-0.3, -0.25) is 9.47 Å². The Labute approximate surface area is 111 Å². The van der Waals surface area contributed by atoms with Gasteiger partial charge in [-0.05, 0) is 31.5 Å². The number of aromatic nitrogens is 2. The summed E-state index contributed by atoms with van der Waals surface area (Å²) in [6.07, 6.45) is 2.33. The molecule has 0 amide bonds. The van der Waals surface area contributed by atoms with Crippen LogP contribution in [0, 0.1) is 0 Å². The maximum absolute atomic E-state index is 12.2. The number of rotatable bonds is 3. The van der Waals surface area contributed by atoms with Crippen molar-refractivity contribution < 1.29 is 4.74 Å². The van der Waals surface area contributed by atoms with E-state index in [-0.39, 0.29) is 11.9 Å². The molecule has 1 N–H and O–H groups in total. The second-order valence-electron chi connectivity index (χ2n) is 4.93. The Bertz CT molecular complexity index is 644. The minimum atomic E-state index is -0.0337. The first-order chi connectivity index (χ1) is 9.24. The molecule has 0 bridgehead atoms. The average Bonchev–Trinajstić information content (AvgIpc) is 3.00. The lowest BCUT2D eigenvalue weighted by Gasteiger charge is -2.23. The highest BCUT2D eigenvalue weighted by atomic mass is 16.5. The second-order valence-corrected chi connectivity index (χ2v) is 4.93. The summed E-state index contributed by atoms with van der Waals surface area (Å²) < 4.78 is 7.13. The van der Waals surface area contributed by atoms with Crippen LogP contribution in [0.4, 0.5) is 0 Å². The molecule has 19 heavy (non-hydrogen) atoms. The van der Waals surface area contributed by atoms with Crippen LogP contribution in [0.3, 0.4) is 0 Å². The lowest BCUT2D eigenvalue weighted by molar-refractivity contribution is 0.204. The number of nitrogens with one attached hydrogen (secondary N) is 1. The fourth-order valence-electron chi connectivity index (χ4n) is 2.99. The summed E-state index contributed by atoms with van der Waals surface area (Å²) in [5.74, 6) is 0.779. The molecule has 1 aliphatic heterocycles. The van der Waals surface area contributed by atoms with Gasteiger partial charge in [0.05, 0.1) is 24.3 Å². The monoisotopic (exact) mass is 261 g/mol. The third kappa shape index (κ3) is 1.94. The number of methoxy groups -OCH3 is 1. The highest BCUT2D eigenvalue weighted by Crippen LogP contribution is 2.29. The van der Waals surface area contributed by atoms with Crippen molar-refractivity contribution in [3.63, 3.8) is 0 Å². The van der Waals surface area contributed by atoms with Crippen LogP contribution in [0.25, 0.3) is 11.0 Å². The van der Waals surface area contributed by atoms with Crippen molar-refractivity contribution in [1.29, 1.82) is 0 Å². The van der Waals surface area contributed by atoms with Crippen LogP contribution in [0.2, 0.25) is 0 Å². The zero-order valence-electron chi connectivity index (χ0n) is 11.3. The van der Waals surface area contributed by atoms with Gasteiger partial charge in [-0.1, -0.05) is 6.92 Å². The summed E-state index contributed by atoms with van der Waals surface area (Å²) in [7, 11) is 1.64. The molecule has 5 heteroatoms. The van der Waals surface area contributed by atoms with Crippen molar-refractivity contribution in [2.75, 3.05) is 20.2 Å². The van der Waals surface area contributed by atoms with Crippen molar-refractivity contribution in [3.05, 3.63) is 28.7 Å². The highest BCUT2D eigenvalue weighted by Gasteiger charge is 2.27. The van der Waals surface area contributed by atoms with E-state index in [1.165, 1.54) is 0 Å². The van der Waals surface area contributed by atoms with Gasteiger partial charge in [0, 0.05) is 12.6 Å². The van der Waals surface area contributed by atoms with Crippen LogP contribution in [-0.4, -0.2) is 34.7 Å². The van der Waals surface area contributed by atoms with Gasteiger partial charge in [0.15, 0.2) is 0 Å². The fourth-order valence-corrected chi connectivity index (χ4v) is 2.99. The number of ether oxygens (including phenoxy) is 1. The number of imidazole rings is 1. The maximum atomic E-state index is 12.2. The summed E-state index contributed by atoms with van der Waals surface area (Å²) in [4.78, 5) is 17.5. The highest BCUT2D eigenvalue weighted by molar-refractivity contribution is 5.77. The molecule has 0 radical (unpaired) electrons. The first-order valence-electron chi connectivity index (χ1n) is 6.77. The zero-order valence-corrected chi connectivity index (χ0v) is 11.3. The summed E-state index contributed by atoms with van der Waals surface area (Å²) in [6.45, 7) is 4.16. The molecule has 1 aliphatic rings. The molecule has 1 fully saturated rings. The number of aromatic amines is 1. The largest absolute Gasteiger partial charge is 0.497 e. The number of nitrogens with zero attached hydrogens (tertiary/aromatic N) is 2. The van der Waals surface area contributed by atoms with Crippen molar-refractivity contribution in [3.8, 4) is 5.75 Å². The Hall–Kier alpha value is -1.75. The zero-order chi connectivity index (χ0) is 13.4. The quantitative estimate of drug-likeness (QED) is 0.918. The van der Waals surface area contributed by atoms with E-state index in [9.17, 15) is 4.79 Å². The van der Waals surface area contributed by atoms with Crippen LogP contribution in [-0.2, 0) is 0 Å². The van der Waals surface area contributed by atoms with Gasteiger partial charge in [-0.25, -0.2) is 4.79 Å². The number of H-pyrrole nitrogens is 1. The van der Waals surface area contributed by atoms with Crippen LogP contribution < -0.4 is 10.4 Å². The summed E-state index contributed by atoms with van der Waals surface area (Å²) >= 11 is 0. The van der Waals surface area contributed by atoms with E-state index in [1.807, 2.05) is 22.8 Å². The molecule has 1 aromatic heterocycles. The van der Waals surface area contributed by atoms with Crippen molar-refractivity contribution in [2.24, 2.45) is 0 Å². The summed E-state index contributed by atoms with van der Waals surface area (Å²) in [6, 6.07) is 5.70. The van der Waals surface area contributed by atoms with Gasteiger partial charge >= 0.3 is 5.69 Å². The third-order valence-electron chi connectivity index (χ3n) is 3.96. The van der Waals surface area contributed by atoms with Gasteiger partial charge in [-0.15, -0.1) is 0 Å². The van der Waals surface area contributed by atoms with Crippen LogP contribution in [0.15, 0.2) is 23.0 Å². The topological polar surface area (TPSA) is 50.3 Å². The van der Waals surface area contributed by atoms with Crippen LogP contribution >= 0.6 is 0 Å². The molecule has 2 aromatic rings. The molecule has 3 rings (SSSR count). The van der Waals surface area contributed by atoms with Gasteiger partial charge in [0.25, 0.3) is 0 Å². The fraction of sp³-hybridized carbons (Fsp3) is 0.500. The SMILES string of the molecule is CCN1CCCC1n1c(=O)[nH]c2ccc(OC)cc21. The molecule has 0 saturated carbocycles. The normalized spacial score (nSPS) is 20.2. The lowest BCUT2D eigenvalue weighted by atomic mass is 10.2. The van der Waals surface area contributed by atoms with Crippen LogP contribution in [0.5, 0.6) is 5.75 Å². The second kappa shape index (κ2) is 4.74. The molecule has 2 heterocycles. The van der Waals surface area contributed by atoms with E-state index in [2.05, 4.69) is 16.8 Å². The number of fused-ring (bicyclic) bond motifs is 1. The molecule has 1 atom stereocenters. The molecular formula is C14H19N3O2. The van der Waals surface area contributed by atoms with E-state index < -0.39 is 0 Å². The van der Waals surface area contributed by atoms with Gasteiger partial charge in [-0.2, -0.15) is 0 Å². The lowest BCUT2D eigenvalue weighted by Crippen LogP contribution is -2.32. The first kappa shape index (κ1) is 12.3. The number of likely N-dealkylation sites (tertiary alicyclic amines) is 1. The Kier molecular flexibility index (Phi) is 3.06. The number of benzene rings is 1. The van der Waals surface area contributed by atoms with Crippen LogP contribution in [0.1, 0.15) is 25.9 Å². The molecule has 0 spiro atoms. The smallest absolute Gasteiger partial charge is 0.327 e. The Morgan fingerprint density at radius 3 is 3.05 bits per heavy atom. The number of hydrogen-bond donors (Lipinski definition) is 1. The van der Waals surface area contributed by atoms with Crippen molar-refractivity contribution in [2.45, 2.75) is 25.9 Å². The number of hydrogen-bond acceptors (Lipinski definition) is 3. The first-order valence-corrected chi connectivity index (χ1v) is 6.77. The molecular weight excluding hydrogens is 242 g/mol. The molecule has 102 valence electrons. The molecule has 1 unspecified atom stereocenters. The predicted molar refractivity (Wildman–Crippen MR) is 74.6 cm³/mol. The molecule has 5 nitrogen and oxygen atoms in total. The standard InChI is InChI=1S/C14H19N3O2/c1-3-16-8-4-5-13(16)17-12-9-10(19-2)6-7-11(12)15-14(17)18/h6-7,9,13H,3-5,8H2,1-2H3,(H,15,18). The van der Waals surface area contributed by atoms with Crippen molar-refractivity contribution in [1.82, 2.24) is 14.5 Å². The molecule has 0 aliphatic carbocycles. The minimum Gasteiger partial charge on any atom is -0.497 e. The summed E-state index contributed by atoms with van der Waals surface area (Å²) in [5, 5.41) is 0. The molecule has 1 aromatic carbocycles. The van der Waals surface area contributed by atoms with E-state index in [0.29, 0.717) is 0 Å². The van der Waals surface area contributed by atoms with E-state index in [0.717, 1.165) is 42.7 Å². The maximum Gasteiger partial charge on any atom is 0.327 e. The van der Waals surface area contributed by atoms with Gasteiger partial charge in [0.1, 0.15) is 5.75 Å². The third-order valence-corrected chi connectivity index (χ3v) is 3.96. The van der Waals surface area contributed by atoms with Gasteiger partial charge < -0.3 is 9.72 Å². The molecule has 1 saturated heterocycles. The Morgan fingerprint density at radius 2 is 2.32 bits per heavy atom. The Balaban J connectivity index is 2.16. The predicted octanol–water partition coefficient (Wildman–Crippen LogP) is 1.95.